The third kappa shape index (κ3) is 3.93. The van der Waals surface area contributed by atoms with Gasteiger partial charge in [0, 0.05) is 10.0 Å². The van der Waals surface area contributed by atoms with Crippen LogP contribution in [0.25, 0.3) is 0 Å². The molecule has 0 radical (unpaired) electrons. The molecule has 0 atom stereocenters. The Balaban J connectivity index is 2.22. The van der Waals surface area contributed by atoms with Crippen molar-refractivity contribution in [3.63, 3.8) is 0 Å². The molecule has 0 aromatic heterocycles. The van der Waals surface area contributed by atoms with Crippen molar-refractivity contribution in [2.75, 3.05) is 18.9 Å². The van der Waals surface area contributed by atoms with Crippen LogP contribution >= 0.6 is 15.9 Å². The second-order valence-corrected chi connectivity index (χ2v) is 5.69. The molecule has 0 fully saturated rings. The SMILES string of the molecule is CNCCc1ccccc1C(=O)Nc1cccc(C)c1Br. The van der Waals surface area contributed by atoms with E-state index in [9.17, 15) is 4.79 Å². The number of hydrogen-bond donors (Lipinski definition) is 2. The number of rotatable bonds is 5. The molecule has 0 unspecified atom stereocenters. The molecule has 0 saturated heterocycles. The summed E-state index contributed by atoms with van der Waals surface area (Å²) in [6, 6.07) is 13.5. The molecule has 4 heteroatoms. The second kappa shape index (κ2) is 7.38. The topological polar surface area (TPSA) is 41.1 Å². The van der Waals surface area contributed by atoms with Gasteiger partial charge in [-0.05, 0) is 66.1 Å². The fourth-order valence-electron chi connectivity index (χ4n) is 2.15. The molecule has 0 aliphatic heterocycles. The largest absolute Gasteiger partial charge is 0.321 e. The van der Waals surface area contributed by atoms with E-state index in [1.54, 1.807) is 0 Å². The molecule has 0 spiro atoms. The van der Waals surface area contributed by atoms with E-state index in [-0.39, 0.29) is 5.91 Å². The van der Waals surface area contributed by atoms with Crippen molar-refractivity contribution in [2.24, 2.45) is 0 Å². The van der Waals surface area contributed by atoms with Gasteiger partial charge in [0.15, 0.2) is 0 Å². The number of amides is 1. The summed E-state index contributed by atoms with van der Waals surface area (Å²) in [5, 5.41) is 6.09. The van der Waals surface area contributed by atoms with Gasteiger partial charge in [-0.2, -0.15) is 0 Å². The number of likely N-dealkylation sites (N-methyl/N-ethyl adjacent to an activating group) is 1. The molecule has 0 bridgehead atoms. The van der Waals surface area contributed by atoms with Gasteiger partial charge in [0.05, 0.1) is 5.69 Å². The van der Waals surface area contributed by atoms with Crippen LogP contribution in [0.2, 0.25) is 0 Å². The van der Waals surface area contributed by atoms with Crippen molar-refractivity contribution in [1.82, 2.24) is 5.32 Å². The average Bonchev–Trinajstić information content (AvgIpc) is 2.50. The van der Waals surface area contributed by atoms with Crippen LogP contribution in [0.5, 0.6) is 0 Å². The predicted octanol–water partition coefficient (Wildman–Crippen LogP) is 3.77. The zero-order valence-corrected chi connectivity index (χ0v) is 13.8. The smallest absolute Gasteiger partial charge is 0.255 e. The summed E-state index contributed by atoms with van der Waals surface area (Å²) in [6.07, 6.45) is 0.828. The van der Waals surface area contributed by atoms with Crippen molar-refractivity contribution in [2.45, 2.75) is 13.3 Å². The normalized spacial score (nSPS) is 10.4. The molecule has 3 nitrogen and oxygen atoms in total. The maximum absolute atomic E-state index is 12.5. The standard InChI is InChI=1S/C17H19BrN2O/c1-12-6-5-9-15(16(12)18)20-17(21)14-8-4-3-7-13(14)10-11-19-2/h3-9,19H,10-11H2,1-2H3,(H,20,21). The number of halogens is 1. The van der Waals surface area contributed by atoms with Crippen LogP contribution in [0.15, 0.2) is 46.9 Å². The molecule has 2 aromatic rings. The lowest BCUT2D eigenvalue weighted by Crippen LogP contribution is -2.17. The van der Waals surface area contributed by atoms with Gasteiger partial charge >= 0.3 is 0 Å². The minimum atomic E-state index is -0.0759. The van der Waals surface area contributed by atoms with E-state index < -0.39 is 0 Å². The van der Waals surface area contributed by atoms with E-state index in [0.29, 0.717) is 0 Å². The molecule has 0 aliphatic rings. The van der Waals surface area contributed by atoms with Crippen molar-refractivity contribution < 1.29 is 4.79 Å². The molecular formula is C17H19BrN2O. The number of nitrogens with one attached hydrogen (secondary N) is 2. The molecule has 110 valence electrons. The number of carbonyl (C=O) groups is 1. The Bertz CT molecular complexity index is 640. The first-order chi connectivity index (χ1) is 10.1. The molecule has 1 amide bonds. The van der Waals surface area contributed by atoms with Crippen LogP contribution in [0.3, 0.4) is 0 Å². The van der Waals surface area contributed by atoms with Crippen LogP contribution in [-0.4, -0.2) is 19.5 Å². The van der Waals surface area contributed by atoms with Crippen LogP contribution in [-0.2, 0) is 6.42 Å². The summed E-state index contributed by atoms with van der Waals surface area (Å²) in [7, 11) is 1.91. The van der Waals surface area contributed by atoms with Gasteiger partial charge in [-0.25, -0.2) is 0 Å². The van der Waals surface area contributed by atoms with Gasteiger partial charge in [0.25, 0.3) is 5.91 Å². The van der Waals surface area contributed by atoms with Gasteiger partial charge in [0.2, 0.25) is 0 Å². The summed E-state index contributed by atoms with van der Waals surface area (Å²) in [6.45, 7) is 2.85. The predicted molar refractivity (Wildman–Crippen MR) is 90.9 cm³/mol. The Hall–Kier alpha value is -1.65. The fraction of sp³-hybridized carbons (Fsp3) is 0.235. The first kappa shape index (κ1) is 15.7. The van der Waals surface area contributed by atoms with E-state index >= 15 is 0 Å². The number of carbonyl (C=O) groups excluding carboxylic acids is 1. The van der Waals surface area contributed by atoms with Crippen molar-refractivity contribution in [3.8, 4) is 0 Å². The summed E-state index contributed by atoms with van der Waals surface area (Å²) in [5.74, 6) is -0.0759. The summed E-state index contributed by atoms with van der Waals surface area (Å²) >= 11 is 3.52. The molecule has 0 aliphatic carbocycles. The molecule has 2 N–H and O–H groups in total. The van der Waals surface area contributed by atoms with E-state index in [1.165, 1.54) is 0 Å². The van der Waals surface area contributed by atoms with Gasteiger partial charge in [-0.15, -0.1) is 0 Å². The highest BCUT2D eigenvalue weighted by Gasteiger charge is 2.12. The van der Waals surface area contributed by atoms with Crippen molar-refractivity contribution in [3.05, 3.63) is 63.6 Å². The number of benzene rings is 2. The monoisotopic (exact) mass is 346 g/mol. The maximum Gasteiger partial charge on any atom is 0.255 e. The van der Waals surface area contributed by atoms with Crippen molar-refractivity contribution >= 4 is 27.5 Å². The summed E-state index contributed by atoms with van der Waals surface area (Å²) in [4.78, 5) is 12.5. The highest BCUT2D eigenvalue weighted by molar-refractivity contribution is 9.10. The Labute approximate surface area is 133 Å². The highest BCUT2D eigenvalue weighted by Crippen LogP contribution is 2.26. The van der Waals surface area contributed by atoms with E-state index in [2.05, 4.69) is 26.6 Å². The highest BCUT2D eigenvalue weighted by atomic mass is 79.9. The van der Waals surface area contributed by atoms with Crippen molar-refractivity contribution in [1.29, 1.82) is 0 Å². The third-order valence-corrected chi connectivity index (χ3v) is 4.40. The number of aryl methyl sites for hydroxylation is 1. The quantitative estimate of drug-likeness (QED) is 0.865. The van der Waals surface area contributed by atoms with Gasteiger partial charge in [0.1, 0.15) is 0 Å². The molecule has 0 saturated carbocycles. The lowest BCUT2D eigenvalue weighted by Gasteiger charge is -2.12. The minimum Gasteiger partial charge on any atom is -0.321 e. The molecular weight excluding hydrogens is 328 g/mol. The Kier molecular flexibility index (Phi) is 5.53. The first-order valence-corrected chi connectivity index (χ1v) is 7.71. The zero-order chi connectivity index (χ0) is 15.2. The van der Waals surface area contributed by atoms with Crippen LogP contribution in [0, 0.1) is 6.92 Å². The molecule has 2 rings (SSSR count). The van der Waals surface area contributed by atoms with E-state index in [4.69, 9.17) is 0 Å². The minimum absolute atomic E-state index is 0.0759. The molecule has 0 heterocycles. The number of anilines is 1. The first-order valence-electron chi connectivity index (χ1n) is 6.92. The third-order valence-electron chi connectivity index (χ3n) is 3.35. The lowest BCUT2D eigenvalue weighted by molar-refractivity contribution is 0.102. The van der Waals surface area contributed by atoms with Gasteiger partial charge in [-0.1, -0.05) is 30.3 Å². The Morgan fingerprint density at radius 2 is 1.90 bits per heavy atom. The second-order valence-electron chi connectivity index (χ2n) is 4.90. The van der Waals surface area contributed by atoms with E-state index in [1.807, 2.05) is 56.4 Å². The summed E-state index contributed by atoms with van der Waals surface area (Å²) < 4.78 is 0.922. The molecule has 2 aromatic carbocycles. The Morgan fingerprint density at radius 3 is 2.67 bits per heavy atom. The number of hydrogen-bond acceptors (Lipinski definition) is 2. The summed E-state index contributed by atoms with van der Waals surface area (Å²) in [5.41, 5.74) is 3.66. The van der Waals surface area contributed by atoms with E-state index in [0.717, 1.165) is 39.8 Å². The fourth-order valence-corrected chi connectivity index (χ4v) is 2.52. The lowest BCUT2D eigenvalue weighted by atomic mass is 10.0. The Morgan fingerprint density at radius 1 is 1.14 bits per heavy atom. The average molecular weight is 347 g/mol. The van der Waals surface area contributed by atoms with Gasteiger partial charge in [-0.3, -0.25) is 4.79 Å². The van der Waals surface area contributed by atoms with Crippen LogP contribution in [0.1, 0.15) is 21.5 Å². The zero-order valence-electron chi connectivity index (χ0n) is 12.2. The maximum atomic E-state index is 12.5. The van der Waals surface area contributed by atoms with Gasteiger partial charge < -0.3 is 10.6 Å². The van der Waals surface area contributed by atoms with Crippen LogP contribution < -0.4 is 10.6 Å². The van der Waals surface area contributed by atoms with Crippen LogP contribution in [0.4, 0.5) is 5.69 Å². The molecule has 21 heavy (non-hydrogen) atoms.